The molecule has 3 aliphatic heterocycles. The molecule has 1 aromatic heterocycles. The summed E-state index contributed by atoms with van der Waals surface area (Å²) in [5.74, 6) is 0.812. The maximum Gasteiger partial charge on any atom is 0.240 e. The molecule has 0 radical (unpaired) electrons. The molecule has 3 aliphatic rings. The van der Waals surface area contributed by atoms with Crippen LogP contribution in [0, 0.1) is 0 Å². The van der Waals surface area contributed by atoms with E-state index in [0.717, 1.165) is 50.7 Å². The summed E-state index contributed by atoms with van der Waals surface area (Å²) < 4.78 is 5.86. The Morgan fingerprint density at radius 3 is 3.14 bits per heavy atom. The van der Waals surface area contributed by atoms with Crippen molar-refractivity contribution in [3.8, 4) is 5.88 Å². The molecule has 4 heterocycles. The molecule has 0 amide bonds. The van der Waals surface area contributed by atoms with Gasteiger partial charge in [0.2, 0.25) is 5.88 Å². The first kappa shape index (κ1) is 11.6. The Hall–Kier alpha value is -2.01. The lowest BCUT2D eigenvalue weighted by Crippen LogP contribution is -2.60. The second-order valence-corrected chi connectivity index (χ2v) is 5.98. The van der Waals surface area contributed by atoms with Crippen LogP contribution in [0.25, 0.3) is 10.9 Å². The summed E-state index contributed by atoms with van der Waals surface area (Å²) in [6.07, 6.45) is 0. The fourth-order valence-corrected chi connectivity index (χ4v) is 3.86. The van der Waals surface area contributed by atoms with Crippen molar-refractivity contribution in [2.75, 3.05) is 49.1 Å². The van der Waals surface area contributed by atoms with Crippen LogP contribution in [0.5, 0.6) is 5.88 Å². The summed E-state index contributed by atoms with van der Waals surface area (Å²) in [4.78, 5) is 9.76. The van der Waals surface area contributed by atoms with Gasteiger partial charge in [0.1, 0.15) is 12.3 Å². The Labute approximate surface area is 123 Å². The van der Waals surface area contributed by atoms with E-state index in [1.54, 1.807) is 0 Å². The lowest BCUT2D eigenvalue weighted by atomic mass is 10.0. The van der Waals surface area contributed by atoms with E-state index in [0.29, 0.717) is 6.04 Å². The predicted octanol–water partition coefficient (Wildman–Crippen LogP) is 1.23. The van der Waals surface area contributed by atoms with Gasteiger partial charge in [-0.05, 0) is 6.07 Å². The van der Waals surface area contributed by atoms with Crippen molar-refractivity contribution >= 4 is 22.3 Å². The number of nitrogens with zero attached hydrogens (tertiary/aromatic N) is 3. The van der Waals surface area contributed by atoms with Crippen molar-refractivity contribution in [2.24, 2.45) is 0 Å². The number of nitrogens with one attached hydrogen (secondary N) is 1. The third-order valence-electron chi connectivity index (χ3n) is 4.79. The van der Waals surface area contributed by atoms with Gasteiger partial charge in [-0.2, -0.15) is 0 Å². The van der Waals surface area contributed by atoms with E-state index < -0.39 is 0 Å². The zero-order valence-corrected chi connectivity index (χ0v) is 11.9. The molecule has 21 heavy (non-hydrogen) atoms. The largest absolute Gasteiger partial charge is 0.474 e. The normalized spacial score (nSPS) is 23.5. The summed E-state index contributed by atoms with van der Waals surface area (Å²) in [6, 6.07) is 8.97. The van der Waals surface area contributed by atoms with Gasteiger partial charge in [-0.25, -0.2) is 4.98 Å². The molecule has 1 aromatic carbocycles. The second kappa shape index (κ2) is 4.24. The number of hydrogen-bond acceptors (Lipinski definition) is 5. The quantitative estimate of drug-likeness (QED) is 0.787. The zero-order chi connectivity index (χ0) is 13.8. The lowest BCUT2D eigenvalue weighted by molar-refractivity contribution is 0.289. The van der Waals surface area contributed by atoms with E-state index >= 15 is 0 Å². The van der Waals surface area contributed by atoms with Crippen LogP contribution in [0.3, 0.4) is 0 Å². The third kappa shape index (κ3) is 1.58. The van der Waals surface area contributed by atoms with Gasteiger partial charge < -0.3 is 19.9 Å². The minimum absolute atomic E-state index is 0.544. The molecule has 5 heteroatoms. The van der Waals surface area contributed by atoms with Gasteiger partial charge in [-0.15, -0.1) is 0 Å². The van der Waals surface area contributed by atoms with E-state index in [2.05, 4.69) is 33.3 Å². The fraction of sp³-hybridized carbons (Fsp3) is 0.438. The van der Waals surface area contributed by atoms with Crippen LogP contribution in [0.4, 0.5) is 11.4 Å². The molecule has 5 nitrogen and oxygen atoms in total. The van der Waals surface area contributed by atoms with E-state index in [4.69, 9.17) is 9.72 Å². The highest BCUT2D eigenvalue weighted by Crippen LogP contribution is 2.47. The number of para-hydroxylation sites is 1. The lowest BCUT2D eigenvalue weighted by Gasteiger charge is -2.48. The first-order valence-corrected chi connectivity index (χ1v) is 7.70. The molecular formula is C16H18N4O. The van der Waals surface area contributed by atoms with Crippen LogP contribution in [-0.2, 0) is 0 Å². The average Bonchev–Trinajstić information content (AvgIpc) is 2.54. The number of fused-ring (bicyclic) bond motifs is 4. The highest BCUT2D eigenvalue weighted by molar-refractivity contribution is 6.01. The Morgan fingerprint density at radius 2 is 2.14 bits per heavy atom. The Balaban J connectivity index is 1.83. The van der Waals surface area contributed by atoms with E-state index in [1.807, 2.05) is 6.07 Å². The molecule has 1 saturated heterocycles. The van der Waals surface area contributed by atoms with E-state index in [9.17, 15) is 0 Å². The Bertz CT molecular complexity index is 717. The maximum atomic E-state index is 5.86. The zero-order valence-electron chi connectivity index (χ0n) is 11.9. The minimum atomic E-state index is 0.544. The number of anilines is 2. The number of pyridine rings is 1. The molecule has 5 rings (SSSR count). The monoisotopic (exact) mass is 282 g/mol. The molecule has 0 aliphatic carbocycles. The summed E-state index contributed by atoms with van der Waals surface area (Å²) in [5.41, 5.74) is 3.57. The van der Waals surface area contributed by atoms with Crippen LogP contribution in [0.15, 0.2) is 24.3 Å². The van der Waals surface area contributed by atoms with E-state index in [1.165, 1.54) is 16.8 Å². The van der Waals surface area contributed by atoms with Crippen molar-refractivity contribution in [1.29, 1.82) is 0 Å². The molecule has 1 N–H and O–H groups in total. The van der Waals surface area contributed by atoms with Gasteiger partial charge in [-0.3, -0.25) is 0 Å². The highest BCUT2D eigenvalue weighted by atomic mass is 16.5. The molecule has 0 saturated carbocycles. The van der Waals surface area contributed by atoms with Crippen LogP contribution in [0.2, 0.25) is 0 Å². The predicted molar refractivity (Wildman–Crippen MR) is 83.5 cm³/mol. The standard InChI is InChI=1S/C16H18N4O/c1-2-4-13-12(3-1)14-15-16(18-13)21-8-7-19(15)10-11-9-17-5-6-20(11)14/h1-4,11,17H,5-10H2. The van der Waals surface area contributed by atoms with Crippen molar-refractivity contribution < 1.29 is 4.74 Å². The average molecular weight is 282 g/mol. The fourth-order valence-electron chi connectivity index (χ4n) is 3.86. The minimum Gasteiger partial charge on any atom is -0.474 e. The molecule has 108 valence electrons. The molecule has 2 aromatic rings. The van der Waals surface area contributed by atoms with Crippen LogP contribution >= 0.6 is 0 Å². The van der Waals surface area contributed by atoms with Crippen LogP contribution < -0.4 is 19.9 Å². The van der Waals surface area contributed by atoms with E-state index in [-0.39, 0.29) is 0 Å². The number of aromatic nitrogens is 1. The first-order valence-electron chi connectivity index (χ1n) is 7.70. The molecule has 0 spiro atoms. The van der Waals surface area contributed by atoms with Gasteiger partial charge in [0, 0.05) is 31.6 Å². The number of rotatable bonds is 0. The SMILES string of the molecule is c1ccc2c3c4c(nc2c1)OCCN4CC1CNCCN31. The molecule has 0 bridgehead atoms. The molecular weight excluding hydrogens is 264 g/mol. The summed E-state index contributed by atoms with van der Waals surface area (Å²) >= 11 is 0. The molecule has 1 unspecified atom stereocenters. The number of piperazine rings is 1. The van der Waals surface area contributed by atoms with Crippen molar-refractivity contribution in [3.63, 3.8) is 0 Å². The Morgan fingerprint density at radius 1 is 1.19 bits per heavy atom. The van der Waals surface area contributed by atoms with Gasteiger partial charge >= 0.3 is 0 Å². The van der Waals surface area contributed by atoms with Crippen LogP contribution in [0.1, 0.15) is 0 Å². The van der Waals surface area contributed by atoms with Crippen molar-refractivity contribution in [3.05, 3.63) is 24.3 Å². The smallest absolute Gasteiger partial charge is 0.240 e. The third-order valence-corrected chi connectivity index (χ3v) is 4.79. The number of hydrogen-bond donors (Lipinski definition) is 1. The molecule has 1 fully saturated rings. The van der Waals surface area contributed by atoms with Gasteiger partial charge in [0.05, 0.1) is 23.8 Å². The summed E-state index contributed by atoms with van der Waals surface area (Å²) in [6.45, 7) is 5.92. The summed E-state index contributed by atoms with van der Waals surface area (Å²) in [5, 5.41) is 4.77. The highest BCUT2D eigenvalue weighted by Gasteiger charge is 2.37. The van der Waals surface area contributed by atoms with Gasteiger partial charge in [0.15, 0.2) is 0 Å². The summed E-state index contributed by atoms with van der Waals surface area (Å²) in [7, 11) is 0. The van der Waals surface area contributed by atoms with Crippen molar-refractivity contribution in [1.82, 2.24) is 10.3 Å². The maximum absolute atomic E-state index is 5.86. The van der Waals surface area contributed by atoms with Crippen molar-refractivity contribution in [2.45, 2.75) is 6.04 Å². The van der Waals surface area contributed by atoms with Gasteiger partial charge in [-0.1, -0.05) is 18.2 Å². The molecule has 1 atom stereocenters. The second-order valence-electron chi connectivity index (χ2n) is 5.98. The number of benzene rings is 1. The first-order chi connectivity index (χ1) is 10.4. The van der Waals surface area contributed by atoms with Gasteiger partial charge in [0.25, 0.3) is 0 Å². The van der Waals surface area contributed by atoms with Crippen LogP contribution in [-0.4, -0.2) is 50.4 Å². The number of ether oxygens (including phenoxy) is 1. The Kier molecular flexibility index (Phi) is 2.35. The topological polar surface area (TPSA) is 40.6 Å².